The Kier molecular flexibility index (Phi) is 5.88. The summed E-state index contributed by atoms with van der Waals surface area (Å²) in [4.78, 5) is 3.03. The molecule has 5 heteroatoms. The average molecular weight is 326 g/mol. The summed E-state index contributed by atoms with van der Waals surface area (Å²) >= 11 is 11.9. The van der Waals surface area contributed by atoms with Crippen molar-refractivity contribution in [1.29, 1.82) is 0 Å². The van der Waals surface area contributed by atoms with Gasteiger partial charge >= 0.3 is 0 Å². The Labute approximate surface area is 136 Å². The first-order valence-corrected chi connectivity index (χ1v) is 7.95. The van der Waals surface area contributed by atoms with Gasteiger partial charge in [0.1, 0.15) is 11.6 Å². The molecule has 0 aromatic heterocycles. The molecule has 0 bridgehead atoms. The maximum Gasteiger partial charge on any atom is 0.180 e. The molecule has 0 radical (unpaired) electrons. The highest BCUT2D eigenvalue weighted by Crippen LogP contribution is 2.37. The first-order chi connectivity index (χ1) is 10.2. The van der Waals surface area contributed by atoms with E-state index in [4.69, 9.17) is 33.3 Å². The fourth-order valence-electron chi connectivity index (χ4n) is 2.34. The monoisotopic (exact) mass is 325 g/mol. The molecule has 1 aliphatic heterocycles. The topological polar surface area (TPSA) is 21.7 Å². The van der Waals surface area contributed by atoms with Gasteiger partial charge in [-0.2, -0.15) is 0 Å². The van der Waals surface area contributed by atoms with E-state index in [2.05, 4.69) is 11.5 Å². The third-order valence-corrected chi connectivity index (χ3v) is 4.07. The first-order valence-electron chi connectivity index (χ1n) is 7.16. The largest absolute Gasteiger partial charge is 0.490 e. The molecule has 0 amide bonds. The lowest BCUT2D eigenvalue weighted by Gasteiger charge is -2.20. The van der Waals surface area contributed by atoms with Gasteiger partial charge in [0.25, 0.3) is 0 Å². The van der Waals surface area contributed by atoms with Gasteiger partial charge < -0.3 is 14.4 Å². The molecule has 1 aromatic rings. The Bertz CT molecular complexity index is 527. The number of nitrogens with zero attached hydrogens (tertiary/aromatic N) is 1. The van der Waals surface area contributed by atoms with Gasteiger partial charge in [-0.15, -0.1) is 0 Å². The van der Waals surface area contributed by atoms with E-state index >= 15 is 0 Å². The molecule has 1 aromatic carbocycles. The minimum absolute atomic E-state index is 0.385. The van der Waals surface area contributed by atoms with Gasteiger partial charge in [0.05, 0.1) is 11.6 Å². The number of thiocarbonyl (C=S) groups is 1. The Hall–Kier alpha value is -1.26. The molecule has 1 fully saturated rings. The number of halogens is 1. The van der Waals surface area contributed by atoms with Crippen LogP contribution in [0.15, 0.2) is 24.8 Å². The van der Waals surface area contributed by atoms with Gasteiger partial charge in [0, 0.05) is 18.7 Å². The van der Waals surface area contributed by atoms with Crippen LogP contribution in [0.2, 0.25) is 5.02 Å². The van der Waals surface area contributed by atoms with Crippen molar-refractivity contribution in [2.75, 3.05) is 26.3 Å². The number of hydrogen-bond acceptors (Lipinski definition) is 3. The average Bonchev–Trinajstić information content (AvgIpc) is 3.00. The standard InChI is InChI=1S/C16H20ClNO2S/c1-3-9-20-15-13(17)10-12(11-14(15)19-4-2)16(21)18-7-5-6-8-18/h3,10-11H,1,4-9H2,2H3. The van der Waals surface area contributed by atoms with Crippen molar-refractivity contribution in [3.8, 4) is 11.5 Å². The minimum Gasteiger partial charge on any atom is -0.490 e. The molecular weight excluding hydrogens is 306 g/mol. The van der Waals surface area contributed by atoms with Crippen LogP contribution in [0.25, 0.3) is 0 Å². The third-order valence-electron chi connectivity index (χ3n) is 3.30. The lowest BCUT2D eigenvalue weighted by atomic mass is 10.2. The molecule has 1 heterocycles. The molecular formula is C16H20ClNO2S. The van der Waals surface area contributed by atoms with Crippen molar-refractivity contribution in [2.45, 2.75) is 19.8 Å². The molecule has 21 heavy (non-hydrogen) atoms. The molecule has 0 spiro atoms. The molecule has 1 aliphatic rings. The molecule has 2 rings (SSSR count). The van der Waals surface area contributed by atoms with E-state index in [1.165, 1.54) is 12.8 Å². The van der Waals surface area contributed by atoms with Crippen LogP contribution in [0.1, 0.15) is 25.3 Å². The predicted molar refractivity (Wildman–Crippen MR) is 90.8 cm³/mol. The summed E-state index contributed by atoms with van der Waals surface area (Å²) in [5.41, 5.74) is 0.909. The molecule has 3 nitrogen and oxygen atoms in total. The van der Waals surface area contributed by atoms with Gasteiger partial charge in [-0.3, -0.25) is 0 Å². The molecule has 1 saturated heterocycles. The lowest BCUT2D eigenvalue weighted by Crippen LogP contribution is -2.26. The highest BCUT2D eigenvalue weighted by molar-refractivity contribution is 7.80. The highest BCUT2D eigenvalue weighted by atomic mass is 35.5. The molecule has 0 saturated carbocycles. The summed E-state index contributed by atoms with van der Waals surface area (Å²) in [6, 6.07) is 3.76. The zero-order chi connectivity index (χ0) is 15.2. The van der Waals surface area contributed by atoms with Gasteiger partial charge in [0.2, 0.25) is 0 Å². The van der Waals surface area contributed by atoms with E-state index in [1.54, 1.807) is 6.08 Å². The molecule has 114 valence electrons. The quantitative estimate of drug-likeness (QED) is 0.580. The van der Waals surface area contributed by atoms with Crippen molar-refractivity contribution in [2.24, 2.45) is 0 Å². The molecule has 0 atom stereocenters. The number of hydrogen-bond donors (Lipinski definition) is 0. The van der Waals surface area contributed by atoms with E-state index < -0.39 is 0 Å². The van der Waals surface area contributed by atoms with Crippen molar-refractivity contribution in [3.63, 3.8) is 0 Å². The summed E-state index contributed by atoms with van der Waals surface area (Å²) in [5.74, 6) is 1.18. The van der Waals surface area contributed by atoms with Gasteiger partial charge in [0.15, 0.2) is 11.5 Å². The van der Waals surface area contributed by atoms with Crippen LogP contribution >= 0.6 is 23.8 Å². The Morgan fingerprint density at radius 3 is 2.71 bits per heavy atom. The van der Waals surface area contributed by atoms with Crippen LogP contribution in [0.3, 0.4) is 0 Å². The fourth-order valence-corrected chi connectivity index (χ4v) is 2.91. The zero-order valence-electron chi connectivity index (χ0n) is 12.2. The molecule has 0 N–H and O–H groups in total. The fraction of sp³-hybridized carbons (Fsp3) is 0.438. The van der Waals surface area contributed by atoms with E-state index in [-0.39, 0.29) is 0 Å². The molecule has 0 unspecified atom stereocenters. The zero-order valence-corrected chi connectivity index (χ0v) is 13.8. The van der Waals surface area contributed by atoms with Crippen molar-refractivity contribution >= 4 is 28.8 Å². The first kappa shape index (κ1) is 16.1. The third kappa shape index (κ3) is 3.89. The Morgan fingerprint density at radius 1 is 1.38 bits per heavy atom. The van der Waals surface area contributed by atoms with Crippen molar-refractivity contribution in [1.82, 2.24) is 4.90 Å². The highest BCUT2D eigenvalue weighted by Gasteiger charge is 2.20. The van der Waals surface area contributed by atoms with Crippen LogP contribution in [-0.4, -0.2) is 36.2 Å². The summed E-state index contributed by atoms with van der Waals surface area (Å²) in [5, 5.41) is 0.513. The minimum atomic E-state index is 0.385. The van der Waals surface area contributed by atoms with E-state index in [0.29, 0.717) is 29.7 Å². The second-order valence-corrected chi connectivity index (χ2v) is 5.61. The molecule has 0 aliphatic carbocycles. The van der Waals surface area contributed by atoms with E-state index in [1.807, 2.05) is 19.1 Å². The van der Waals surface area contributed by atoms with Crippen LogP contribution in [0, 0.1) is 0 Å². The van der Waals surface area contributed by atoms with Gasteiger partial charge in [-0.1, -0.05) is 36.5 Å². The van der Waals surface area contributed by atoms with Crippen molar-refractivity contribution in [3.05, 3.63) is 35.4 Å². The summed E-state index contributed by atoms with van der Waals surface area (Å²) in [7, 11) is 0. The number of benzene rings is 1. The maximum atomic E-state index is 6.34. The smallest absolute Gasteiger partial charge is 0.180 e. The SMILES string of the molecule is C=CCOc1c(Cl)cc(C(=S)N2CCCC2)cc1OCC. The van der Waals surface area contributed by atoms with E-state index in [9.17, 15) is 0 Å². The second kappa shape index (κ2) is 7.66. The number of likely N-dealkylation sites (tertiary alicyclic amines) is 1. The second-order valence-electron chi connectivity index (χ2n) is 4.82. The summed E-state index contributed by atoms with van der Waals surface area (Å²) in [6.45, 7) is 8.52. The van der Waals surface area contributed by atoms with Crippen LogP contribution in [0.5, 0.6) is 11.5 Å². The van der Waals surface area contributed by atoms with Crippen LogP contribution in [0.4, 0.5) is 0 Å². The van der Waals surface area contributed by atoms with Crippen molar-refractivity contribution < 1.29 is 9.47 Å². The number of ether oxygens (including phenoxy) is 2. The van der Waals surface area contributed by atoms with Gasteiger partial charge in [-0.25, -0.2) is 0 Å². The van der Waals surface area contributed by atoms with Gasteiger partial charge in [-0.05, 0) is 31.9 Å². The summed E-state index contributed by atoms with van der Waals surface area (Å²) < 4.78 is 11.2. The lowest BCUT2D eigenvalue weighted by molar-refractivity contribution is 0.297. The number of rotatable bonds is 6. The van der Waals surface area contributed by atoms with E-state index in [0.717, 1.165) is 23.6 Å². The van der Waals surface area contributed by atoms with Crippen LogP contribution < -0.4 is 9.47 Å². The Morgan fingerprint density at radius 2 is 2.10 bits per heavy atom. The normalized spacial score (nSPS) is 14.1. The van der Waals surface area contributed by atoms with Crippen LogP contribution in [-0.2, 0) is 0 Å². The predicted octanol–water partition coefficient (Wildman–Crippen LogP) is 4.07. The summed E-state index contributed by atoms with van der Waals surface area (Å²) in [6.07, 6.45) is 4.05. The Balaban J connectivity index is 2.30. The maximum absolute atomic E-state index is 6.34.